The molecule has 0 fully saturated rings. The molecule has 1 amide bonds. The fraction of sp³-hybridized carbons (Fsp3) is 0.286. The smallest absolute Gasteiger partial charge is 0.230 e. The summed E-state index contributed by atoms with van der Waals surface area (Å²) in [7, 11) is 0. The number of hydrogen-bond donors (Lipinski definition) is 2. The van der Waals surface area contributed by atoms with Crippen LogP contribution in [-0.4, -0.2) is 21.9 Å². The molecule has 2 N–H and O–H groups in total. The number of carbonyl (C=O) groups excluding carboxylic acids is 1. The number of hydrogen-bond acceptors (Lipinski definition) is 6. The maximum atomic E-state index is 12.4. The van der Waals surface area contributed by atoms with Gasteiger partial charge in [-0.25, -0.2) is 0 Å². The van der Waals surface area contributed by atoms with Crippen LogP contribution in [-0.2, 0) is 11.2 Å². The van der Waals surface area contributed by atoms with E-state index in [1.165, 1.54) is 39.8 Å². The quantitative estimate of drug-likeness (QED) is 0.567. The maximum absolute atomic E-state index is 12.4. The second kappa shape index (κ2) is 8.75. The summed E-state index contributed by atoms with van der Waals surface area (Å²) in [5, 5.41) is 15.5. The highest BCUT2D eigenvalue weighted by atomic mass is 32.2. The molecule has 0 saturated carbocycles. The molecule has 0 saturated heterocycles. The average Bonchev–Trinajstić information content (AvgIpc) is 3.14. The lowest BCUT2D eigenvalue weighted by Gasteiger charge is -2.26. The van der Waals surface area contributed by atoms with Crippen molar-refractivity contribution < 1.29 is 4.79 Å². The van der Waals surface area contributed by atoms with Gasteiger partial charge in [-0.1, -0.05) is 59.5 Å². The SMILES string of the molecule is Cc1cccc(Nc2nnc(SCC(=O)N[C@@H]3CCCc4ccccc43)s2)c1. The molecule has 7 heteroatoms. The van der Waals surface area contributed by atoms with E-state index in [2.05, 4.69) is 58.1 Å². The van der Waals surface area contributed by atoms with E-state index in [1.54, 1.807) is 0 Å². The van der Waals surface area contributed by atoms with Crippen molar-refractivity contribution in [3.63, 3.8) is 0 Å². The summed E-state index contributed by atoms with van der Waals surface area (Å²) in [6, 6.07) is 16.6. The fourth-order valence-electron chi connectivity index (χ4n) is 3.43. The minimum absolute atomic E-state index is 0.0371. The number of benzene rings is 2. The zero-order valence-corrected chi connectivity index (χ0v) is 17.3. The van der Waals surface area contributed by atoms with Gasteiger partial charge < -0.3 is 10.6 Å². The van der Waals surface area contributed by atoms with Gasteiger partial charge >= 0.3 is 0 Å². The number of rotatable bonds is 6. The largest absolute Gasteiger partial charge is 0.349 e. The summed E-state index contributed by atoms with van der Waals surface area (Å²) >= 11 is 2.89. The first-order valence-corrected chi connectivity index (χ1v) is 11.1. The number of thioether (sulfide) groups is 1. The van der Waals surface area contributed by atoms with Gasteiger partial charge in [0.15, 0.2) is 4.34 Å². The number of anilines is 2. The second-order valence-electron chi connectivity index (χ2n) is 6.87. The Labute approximate surface area is 173 Å². The van der Waals surface area contributed by atoms with Crippen molar-refractivity contribution in [3.05, 3.63) is 65.2 Å². The molecule has 0 unspecified atom stereocenters. The van der Waals surface area contributed by atoms with Gasteiger partial charge in [-0.3, -0.25) is 4.79 Å². The number of fused-ring (bicyclic) bond motifs is 1. The summed E-state index contributed by atoms with van der Waals surface area (Å²) in [6.07, 6.45) is 3.20. The molecular formula is C21H22N4OS2. The third kappa shape index (κ3) is 4.72. The Balaban J connectivity index is 1.30. The van der Waals surface area contributed by atoms with Crippen molar-refractivity contribution in [1.29, 1.82) is 0 Å². The van der Waals surface area contributed by atoms with Crippen LogP contribution in [0.4, 0.5) is 10.8 Å². The van der Waals surface area contributed by atoms with Crippen LogP contribution in [0.2, 0.25) is 0 Å². The van der Waals surface area contributed by atoms with Crippen molar-refractivity contribution in [2.24, 2.45) is 0 Å². The van der Waals surface area contributed by atoms with Crippen LogP contribution in [0, 0.1) is 6.92 Å². The lowest BCUT2D eigenvalue weighted by molar-refractivity contribution is -0.119. The van der Waals surface area contributed by atoms with Gasteiger partial charge in [-0.2, -0.15) is 0 Å². The van der Waals surface area contributed by atoms with Crippen LogP contribution in [0.15, 0.2) is 52.9 Å². The average molecular weight is 411 g/mol. The van der Waals surface area contributed by atoms with E-state index in [-0.39, 0.29) is 11.9 Å². The van der Waals surface area contributed by atoms with Crippen LogP contribution in [0.1, 0.15) is 35.6 Å². The lowest BCUT2D eigenvalue weighted by Crippen LogP contribution is -2.32. The highest BCUT2D eigenvalue weighted by Crippen LogP contribution is 2.30. The third-order valence-electron chi connectivity index (χ3n) is 4.71. The Morgan fingerprint density at radius 2 is 2.11 bits per heavy atom. The highest BCUT2D eigenvalue weighted by Gasteiger charge is 2.21. The van der Waals surface area contributed by atoms with E-state index in [0.29, 0.717) is 5.75 Å². The first-order valence-electron chi connectivity index (χ1n) is 9.34. The molecule has 1 atom stereocenters. The molecule has 1 aliphatic rings. The van der Waals surface area contributed by atoms with Crippen molar-refractivity contribution in [2.75, 3.05) is 11.1 Å². The Bertz CT molecular complexity index is 972. The van der Waals surface area contributed by atoms with Crippen molar-refractivity contribution >= 4 is 39.8 Å². The molecule has 2 aromatic carbocycles. The highest BCUT2D eigenvalue weighted by molar-refractivity contribution is 8.01. The van der Waals surface area contributed by atoms with E-state index in [4.69, 9.17) is 0 Å². The Hall–Kier alpha value is -2.38. The minimum Gasteiger partial charge on any atom is -0.349 e. The summed E-state index contributed by atoms with van der Waals surface area (Å²) in [6.45, 7) is 2.05. The second-order valence-corrected chi connectivity index (χ2v) is 9.07. The molecule has 144 valence electrons. The Morgan fingerprint density at radius 3 is 3.00 bits per heavy atom. The van der Waals surface area contributed by atoms with Gasteiger partial charge in [-0.05, 0) is 55.0 Å². The fourth-order valence-corrected chi connectivity index (χ4v) is 5.02. The molecule has 4 rings (SSSR count). The molecule has 0 bridgehead atoms. The predicted octanol–water partition coefficient (Wildman–Crippen LogP) is 4.88. The van der Waals surface area contributed by atoms with Crippen molar-refractivity contribution in [1.82, 2.24) is 15.5 Å². The monoisotopic (exact) mass is 410 g/mol. The zero-order valence-electron chi connectivity index (χ0n) is 15.6. The van der Waals surface area contributed by atoms with E-state index < -0.39 is 0 Å². The molecule has 1 heterocycles. The number of carbonyl (C=O) groups is 1. The molecule has 28 heavy (non-hydrogen) atoms. The number of aromatic nitrogens is 2. The van der Waals surface area contributed by atoms with Gasteiger partial charge in [0, 0.05) is 5.69 Å². The molecular weight excluding hydrogens is 388 g/mol. The van der Waals surface area contributed by atoms with Crippen LogP contribution >= 0.6 is 23.1 Å². The Morgan fingerprint density at radius 1 is 1.21 bits per heavy atom. The van der Waals surface area contributed by atoms with Gasteiger partial charge in [0.1, 0.15) is 0 Å². The lowest BCUT2D eigenvalue weighted by atomic mass is 9.88. The molecule has 0 aliphatic heterocycles. The number of nitrogens with one attached hydrogen (secondary N) is 2. The van der Waals surface area contributed by atoms with Crippen molar-refractivity contribution in [3.8, 4) is 0 Å². The first-order chi connectivity index (χ1) is 13.7. The first kappa shape index (κ1) is 19.0. The zero-order chi connectivity index (χ0) is 19.3. The maximum Gasteiger partial charge on any atom is 0.230 e. The van der Waals surface area contributed by atoms with E-state index >= 15 is 0 Å². The molecule has 0 spiro atoms. The molecule has 3 aromatic rings. The van der Waals surface area contributed by atoms with E-state index in [9.17, 15) is 4.79 Å². The standard InChI is InChI=1S/C21H22N4OS2/c1-14-6-4-9-16(12-14)22-20-24-25-21(28-20)27-13-19(26)23-18-11-5-8-15-7-2-3-10-17(15)18/h2-4,6-7,9-10,12,18H,5,8,11,13H2,1H3,(H,22,24)(H,23,26)/t18-/m1/s1. The minimum atomic E-state index is 0.0371. The van der Waals surface area contributed by atoms with Gasteiger partial charge in [0.25, 0.3) is 0 Å². The van der Waals surface area contributed by atoms with Crippen LogP contribution in [0.25, 0.3) is 0 Å². The van der Waals surface area contributed by atoms with Crippen LogP contribution in [0.3, 0.4) is 0 Å². The predicted molar refractivity (Wildman–Crippen MR) is 115 cm³/mol. The summed E-state index contributed by atoms with van der Waals surface area (Å²) in [5.41, 5.74) is 4.78. The number of amides is 1. The van der Waals surface area contributed by atoms with Crippen molar-refractivity contribution in [2.45, 2.75) is 36.6 Å². The third-order valence-corrected chi connectivity index (χ3v) is 6.68. The normalized spacial score (nSPS) is 15.7. The molecule has 1 aliphatic carbocycles. The summed E-state index contributed by atoms with van der Waals surface area (Å²) in [4.78, 5) is 12.4. The van der Waals surface area contributed by atoms with Gasteiger partial charge in [-0.15, -0.1) is 10.2 Å². The molecule has 0 radical (unpaired) electrons. The molecule has 1 aromatic heterocycles. The van der Waals surface area contributed by atoms with Gasteiger partial charge in [0.2, 0.25) is 11.0 Å². The van der Waals surface area contributed by atoms with Crippen LogP contribution < -0.4 is 10.6 Å². The summed E-state index contributed by atoms with van der Waals surface area (Å²) in [5.74, 6) is 0.382. The molecule has 5 nitrogen and oxygen atoms in total. The Kier molecular flexibility index (Phi) is 5.92. The number of nitrogens with zero attached hydrogens (tertiary/aromatic N) is 2. The van der Waals surface area contributed by atoms with Gasteiger partial charge in [0.05, 0.1) is 11.8 Å². The topological polar surface area (TPSA) is 66.9 Å². The van der Waals surface area contributed by atoms with E-state index in [1.807, 2.05) is 18.2 Å². The van der Waals surface area contributed by atoms with Crippen LogP contribution in [0.5, 0.6) is 0 Å². The van der Waals surface area contributed by atoms with E-state index in [0.717, 1.165) is 34.4 Å². The summed E-state index contributed by atoms with van der Waals surface area (Å²) < 4.78 is 0.786. The number of aryl methyl sites for hydroxylation is 2.